The Hall–Kier alpha value is -1.88. The van der Waals surface area contributed by atoms with Crippen molar-refractivity contribution in [2.45, 2.75) is 210 Å². The quantitative estimate of drug-likeness (QED) is 0.123. The lowest BCUT2D eigenvalue weighted by Crippen LogP contribution is -2.70. The maximum atomic E-state index is 14.6. The van der Waals surface area contributed by atoms with Crippen LogP contribution in [0.2, 0.25) is 0 Å². The number of nitrogens with one attached hydrogen (secondary N) is 1. The van der Waals surface area contributed by atoms with Gasteiger partial charge in [-0.1, -0.05) is 45.4 Å². The number of benzene rings is 1. The van der Waals surface area contributed by atoms with Gasteiger partial charge in [0.1, 0.15) is 35.1 Å². The first-order valence-electron chi connectivity index (χ1n) is 23.9. The van der Waals surface area contributed by atoms with Crippen molar-refractivity contribution < 1.29 is 67.2 Å². The minimum absolute atomic E-state index is 0.0240. The minimum Gasteiger partial charge on any atom is -0.459 e. The van der Waals surface area contributed by atoms with Crippen LogP contribution in [0.25, 0.3) is 0 Å². The molecule has 17 nitrogen and oxygen atoms in total. The van der Waals surface area contributed by atoms with Crippen molar-refractivity contribution in [3.05, 3.63) is 29.8 Å². The Morgan fingerprint density at radius 1 is 0.955 bits per heavy atom. The lowest BCUT2D eigenvalue weighted by molar-refractivity contribution is -0.336. The Morgan fingerprint density at radius 2 is 1.58 bits per heavy atom. The molecule has 0 unspecified atom stereocenters. The third-order valence-electron chi connectivity index (χ3n) is 15.0. The zero-order valence-corrected chi connectivity index (χ0v) is 43.1. The first kappa shape index (κ1) is 56.7. The van der Waals surface area contributed by atoms with E-state index in [1.165, 1.54) is 33.2 Å². The fourth-order valence-electron chi connectivity index (χ4n) is 10.5. The summed E-state index contributed by atoms with van der Waals surface area (Å²) < 4.78 is 67.7. The van der Waals surface area contributed by atoms with Crippen LogP contribution in [-0.2, 0) is 43.2 Å². The molecule has 3 saturated heterocycles. The number of nitrogens with zero attached hydrogens (tertiary/aromatic N) is 2. The molecule has 18 heteroatoms. The van der Waals surface area contributed by atoms with Gasteiger partial charge >= 0.3 is 5.97 Å². The molecule has 1 aromatic rings. The molecular formula is C48H85N3O14S. The Kier molecular flexibility index (Phi) is 19.3. The molecule has 3 aliphatic heterocycles. The fraction of sp³-hybridized carbons (Fsp3) is 0.854. The summed E-state index contributed by atoms with van der Waals surface area (Å²) in [7, 11) is 0.631. The number of aliphatic hydroxyl groups is 5. The van der Waals surface area contributed by atoms with Crippen LogP contribution < -0.4 is 5.32 Å². The summed E-state index contributed by atoms with van der Waals surface area (Å²) >= 11 is 0. The van der Waals surface area contributed by atoms with Crippen molar-refractivity contribution in [3.8, 4) is 0 Å². The number of methoxy groups -OCH3 is 1. The molecule has 0 bridgehead atoms. The molecule has 0 radical (unpaired) electrons. The summed E-state index contributed by atoms with van der Waals surface area (Å²) in [5.41, 5.74) is -5.43. The first-order chi connectivity index (χ1) is 30.5. The molecule has 0 spiro atoms. The van der Waals surface area contributed by atoms with Crippen molar-refractivity contribution >= 4 is 16.0 Å². The third kappa shape index (κ3) is 12.2. The number of rotatable bonds is 13. The van der Waals surface area contributed by atoms with Crippen LogP contribution in [0, 0.1) is 24.7 Å². The van der Waals surface area contributed by atoms with Gasteiger partial charge in [0, 0.05) is 45.6 Å². The highest BCUT2D eigenvalue weighted by Crippen LogP contribution is 2.43. The van der Waals surface area contributed by atoms with E-state index < -0.39 is 118 Å². The first-order valence-corrected chi connectivity index (χ1v) is 25.3. The van der Waals surface area contributed by atoms with Gasteiger partial charge in [-0.05, 0) is 113 Å². The molecule has 3 aliphatic rings. The van der Waals surface area contributed by atoms with Gasteiger partial charge in [-0.3, -0.25) is 4.79 Å². The highest BCUT2D eigenvalue weighted by Gasteiger charge is 2.58. The minimum atomic E-state index is -4.09. The summed E-state index contributed by atoms with van der Waals surface area (Å²) in [4.78, 5) is 16.5. The zero-order valence-electron chi connectivity index (χ0n) is 42.3. The number of ether oxygens (including phenoxy) is 6. The number of aryl methyl sites for hydroxylation is 1. The van der Waals surface area contributed by atoms with Crippen LogP contribution in [0.1, 0.15) is 114 Å². The summed E-state index contributed by atoms with van der Waals surface area (Å²) in [6, 6.07) is 4.84. The maximum Gasteiger partial charge on any atom is 0.311 e. The molecule has 0 aromatic heterocycles. The highest BCUT2D eigenvalue weighted by atomic mass is 32.2. The van der Waals surface area contributed by atoms with E-state index in [-0.39, 0.29) is 43.0 Å². The van der Waals surface area contributed by atoms with Crippen molar-refractivity contribution in [3.63, 3.8) is 0 Å². The second-order valence-electron chi connectivity index (χ2n) is 20.5. The maximum absolute atomic E-state index is 14.6. The van der Waals surface area contributed by atoms with Crippen LogP contribution in [-0.4, -0.2) is 180 Å². The van der Waals surface area contributed by atoms with Gasteiger partial charge < -0.3 is 64.2 Å². The van der Waals surface area contributed by atoms with Gasteiger partial charge in [-0.2, -0.15) is 4.31 Å². The van der Waals surface area contributed by atoms with Crippen molar-refractivity contribution in [2.24, 2.45) is 17.8 Å². The van der Waals surface area contributed by atoms with Gasteiger partial charge in [0.2, 0.25) is 10.0 Å². The molecule has 0 saturated carbocycles. The van der Waals surface area contributed by atoms with Crippen LogP contribution >= 0.6 is 0 Å². The fourth-order valence-corrected chi connectivity index (χ4v) is 11.9. The van der Waals surface area contributed by atoms with Crippen molar-refractivity contribution in [1.82, 2.24) is 14.5 Å². The average molecular weight is 960 g/mol. The number of cyclic esters (lactones) is 1. The second kappa shape index (κ2) is 22.5. The number of carbonyl (C=O) groups is 1. The van der Waals surface area contributed by atoms with E-state index in [0.717, 1.165) is 16.3 Å². The average Bonchev–Trinajstić information content (AvgIpc) is 3.24. The van der Waals surface area contributed by atoms with Crippen LogP contribution in [0.3, 0.4) is 0 Å². The number of hydrogen-bond acceptors (Lipinski definition) is 16. The smallest absolute Gasteiger partial charge is 0.311 e. The summed E-state index contributed by atoms with van der Waals surface area (Å²) in [6.07, 6.45) is -9.16. The molecule has 6 N–H and O–H groups in total. The SMILES string of the molecule is CCCNC[C@]1(O)[C@H](C)O[C@@H](O[C@H]2[C@H](C)[C@@H](O[C@@H]3O[C@H](C)C[C@H](N(C)S(=O)(=O)c4ccc(C)cc4)[C@H]3O)[C@](C)(O)C[C@@H](C)CN(C)[C@H](C)[C@@H](O)[C@](C)(O)[C@@H](CC)OC(=O)[C@@H]2C)C[C@@]1(C)OC. The van der Waals surface area contributed by atoms with Gasteiger partial charge in [0.05, 0.1) is 46.9 Å². The normalized spacial score (nSPS) is 43.0. The van der Waals surface area contributed by atoms with Crippen LogP contribution in [0.4, 0.5) is 0 Å². The number of carbonyl (C=O) groups excluding carboxylic acids is 1. The Bertz CT molecular complexity index is 1820. The molecule has 3 fully saturated rings. The Morgan fingerprint density at radius 3 is 2.15 bits per heavy atom. The van der Waals surface area contributed by atoms with Gasteiger partial charge in [-0.15, -0.1) is 0 Å². The van der Waals surface area contributed by atoms with Crippen molar-refractivity contribution in [1.29, 1.82) is 0 Å². The van der Waals surface area contributed by atoms with Gasteiger partial charge in [-0.25, -0.2) is 8.42 Å². The third-order valence-corrected chi connectivity index (χ3v) is 16.9. The molecule has 0 aliphatic carbocycles. The summed E-state index contributed by atoms with van der Waals surface area (Å²) in [6.45, 7) is 22.2. The van der Waals surface area contributed by atoms with E-state index in [1.54, 1.807) is 74.6 Å². The Labute approximate surface area is 394 Å². The molecule has 66 heavy (non-hydrogen) atoms. The van der Waals surface area contributed by atoms with Crippen molar-refractivity contribution in [2.75, 3.05) is 40.8 Å². The van der Waals surface area contributed by atoms with E-state index in [1.807, 2.05) is 25.7 Å². The van der Waals surface area contributed by atoms with E-state index in [9.17, 15) is 38.7 Å². The van der Waals surface area contributed by atoms with Crippen LogP contribution in [0.5, 0.6) is 0 Å². The predicted molar refractivity (Wildman–Crippen MR) is 249 cm³/mol. The standard InChI is InChI=1S/C48H85N3O14S/c1-16-22-49-27-48(57)34(9)62-38(25-46(48,11)60-15)64-40-31(6)42(65-44-39(52)36(23-30(5)61-44)51(14)66(58,59)35-20-18-28(3)19-21-35)45(10,55)24-29(4)26-50(13)33(8)41(53)47(12,56)37(17-2)63-43(54)32(40)7/h18-21,29-34,36-42,44,49,52-53,55-57H,16-17,22-27H2,1-15H3/t29-,30-,31+,32-,33-,34+,36+,37-,38+,39-,40+,41-,42-,44+,45-,46-,47-,48+/m1/s1. The number of likely N-dealkylation sites (N-methyl/N-ethyl adjacent to an activating group) is 2. The highest BCUT2D eigenvalue weighted by molar-refractivity contribution is 7.89. The molecule has 0 amide bonds. The molecule has 382 valence electrons. The summed E-state index contributed by atoms with van der Waals surface area (Å²) in [5, 5.41) is 63.9. The number of aliphatic hydroxyl groups excluding tert-OH is 2. The number of esters is 1. The van der Waals surface area contributed by atoms with E-state index in [4.69, 9.17) is 28.4 Å². The predicted octanol–water partition coefficient (Wildman–Crippen LogP) is 3.34. The van der Waals surface area contributed by atoms with Crippen LogP contribution in [0.15, 0.2) is 29.2 Å². The summed E-state index contributed by atoms with van der Waals surface area (Å²) in [5.74, 6) is -3.09. The van der Waals surface area contributed by atoms with E-state index >= 15 is 0 Å². The lowest BCUT2D eigenvalue weighted by atomic mass is 9.75. The molecule has 4 rings (SSSR count). The topological polar surface area (TPSA) is 226 Å². The monoisotopic (exact) mass is 960 g/mol. The largest absolute Gasteiger partial charge is 0.459 e. The van der Waals surface area contributed by atoms with E-state index in [2.05, 4.69) is 5.32 Å². The van der Waals surface area contributed by atoms with Gasteiger partial charge in [0.15, 0.2) is 12.6 Å². The lowest BCUT2D eigenvalue weighted by Gasteiger charge is -2.53. The second-order valence-corrected chi connectivity index (χ2v) is 22.5. The number of sulfonamides is 1. The molecule has 18 atom stereocenters. The molecular weight excluding hydrogens is 875 g/mol. The van der Waals surface area contributed by atoms with Gasteiger partial charge in [0.25, 0.3) is 0 Å². The number of hydrogen-bond donors (Lipinski definition) is 6. The Balaban J connectivity index is 1.84. The molecule has 1 aromatic carbocycles. The van der Waals surface area contributed by atoms with E-state index in [0.29, 0.717) is 13.1 Å². The zero-order chi connectivity index (χ0) is 49.9. The molecule has 3 heterocycles.